The van der Waals surface area contributed by atoms with Gasteiger partial charge in [0.1, 0.15) is 0 Å². The quantitative estimate of drug-likeness (QED) is 0.525. The largest absolute Gasteiger partial charge is 0.294 e. The van der Waals surface area contributed by atoms with Crippen molar-refractivity contribution in [2.75, 3.05) is 6.61 Å². The molecule has 0 unspecified atom stereocenters. The zero-order valence-electron chi connectivity index (χ0n) is 12.7. The highest BCUT2D eigenvalue weighted by atomic mass is 16.6. The van der Waals surface area contributed by atoms with Crippen molar-refractivity contribution in [2.45, 2.75) is 33.6 Å². The highest BCUT2D eigenvalue weighted by molar-refractivity contribution is 6.26. The molecule has 0 amide bonds. The molecule has 0 radical (unpaired) electrons. The molecule has 1 aromatic carbocycles. The third kappa shape index (κ3) is 3.58. The molecule has 1 aliphatic rings. The lowest BCUT2D eigenvalue weighted by molar-refractivity contribution is -0.127. The van der Waals surface area contributed by atoms with Crippen molar-refractivity contribution in [3.8, 4) is 0 Å². The van der Waals surface area contributed by atoms with Crippen molar-refractivity contribution in [3.05, 3.63) is 41.5 Å². The summed E-state index contributed by atoms with van der Waals surface area (Å²) in [6, 6.07) is 9.33. The number of hydrogen-bond acceptors (Lipinski definition) is 4. The van der Waals surface area contributed by atoms with Gasteiger partial charge in [0, 0.05) is 18.4 Å². The zero-order chi connectivity index (χ0) is 15.5. The molecule has 1 aliphatic carbocycles. The van der Waals surface area contributed by atoms with Gasteiger partial charge in [0.2, 0.25) is 0 Å². The molecule has 4 heteroatoms. The van der Waals surface area contributed by atoms with Gasteiger partial charge in [0.25, 0.3) is 0 Å². The van der Waals surface area contributed by atoms with E-state index in [1.54, 1.807) is 0 Å². The molecule has 0 saturated heterocycles. The van der Waals surface area contributed by atoms with Crippen molar-refractivity contribution in [2.24, 2.45) is 5.41 Å². The molecule has 0 heterocycles. The van der Waals surface area contributed by atoms with Crippen LogP contribution in [0.5, 0.6) is 0 Å². The maximum atomic E-state index is 12.4. The Bertz CT molecular complexity index is 551. The Hall–Kier alpha value is -1.94. The normalized spacial score (nSPS) is 17.8. The first-order valence-electron chi connectivity index (χ1n) is 7.18. The van der Waals surface area contributed by atoms with Gasteiger partial charge in [-0.25, -0.2) is 0 Å². The van der Waals surface area contributed by atoms with E-state index >= 15 is 0 Å². The van der Waals surface area contributed by atoms with Crippen LogP contribution in [0.1, 0.15) is 39.2 Å². The number of allylic oxidation sites excluding steroid dienone is 1. The Morgan fingerprint density at radius 2 is 1.71 bits per heavy atom. The summed E-state index contributed by atoms with van der Waals surface area (Å²) >= 11 is 0. The van der Waals surface area contributed by atoms with Crippen LogP contribution in [0.3, 0.4) is 0 Å². The number of ketones is 2. The molecule has 112 valence electrons. The monoisotopic (exact) mass is 287 g/mol. The lowest BCUT2D eigenvalue weighted by Gasteiger charge is -2.29. The summed E-state index contributed by atoms with van der Waals surface area (Å²) in [5, 5.41) is 0. The molecule has 4 nitrogen and oxygen atoms in total. The van der Waals surface area contributed by atoms with Crippen LogP contribution in [0.15, 0.2) is 35.9 Å². The summed E-state index contributed by atoms with van der Waals surface area (Å²) in [4.78, 5) is 30.1. The fourth-order valence-corrected chi connectivity index (χ4v) is 2.55. The molecule has 2 rings (SSSR count). The second-order valence-electron chi connectivity index (χ2n) is 6.02. The third-order valence-electron chi connectivity index (χ3n) is 3.47. The summed E-state index contributed by atoms with van der Waals surface area (Å²) in [5.74, 6) is -0.246. The maximum absolute atomic E-state index is 12.4. The minimum absolute atomic E-state index is 0.123. The molecule has 1 N–H and O–H groups in total. The number of carbonyl (C=O) groups is 2. The van der Waals surface area contributed by atoms with Gasteiger partial charge in [-0.15, -0.1) is 0 Å². The second-order valence-corrected chi connectivity index (χ2v) is 6.02. The Balaban J connectivity index is 2.47. The number of hydrogen-bond donors (Lipinski definition) is 1. The van der Waals surface area contributed by atoms with Gasteiger partial charge >= 0.3 is 0 Å². The van der Waals surface area contributed by atoms with E-state index in [1.807, 2.05) is 51.1 Å². The van der Waals surface area contributed by atoms with Crippen LogP contribution in [-0.4, -0.2) is 18.2 Å². The van der Waals surface area contributed by atoms with E-state index in [0.29, 0.717) is 25.1 Å². The molecule has 21 heavy (non-hydrogen) atoms. The molecule has 0 spiro atoms. The lowest BCUT2D eigenvalue weighted by Crippen LogP contribution is -2.34. The van der Waals surface area contributed by atoms with Gasteiger partial charge in [-0.2, -0.15) is 0 Å². The predicted octanol–water partition coefficient (Wildman–Crippen LogP) is 2.90. The topological polar surface area (TPSA) is 55.4 Å². The molecular formula is C17H21NO3. The average Bonchev–Trinajstić information content (AvgIpc) is 2.41. The van der Waals surface area contributed by atoms with Crippen LogP contribution in [0.2, 0.25) is 0 Å². The molecule has 0 aromatic heterocycles. The van der Waals surface area contributed by atoms with Crippen LogP contribution < -0.4 is 5.48 Å². The van der Waals surface area contributed by atoms with Crippen molar-refractivity contribution in [3.63, 3.8) is 0 Å². The zero-order valence-corrected chi connectivity index (χ0v) is 12.7. The first-order valence-corrected chi connectivity index (χ1v) is 7.18. The SMILES string of the molecule is CCONC(=C1C(=O)CC(C)(C)CC1=O)c1ccccc1. The van der Waals surface area contributed by atoms with Crippen molar-refractivity contribution >= 4 is 17.3 Å². The summed E-state index contributed by atoms with van der Waals surface area (Å²) < 4.78 is 0. The fourth-order valence-electron chi connectivity index (χ4n) is 2.55. The van der Waals surface area contributed by atoms with Crippen molar-refractivity contribution in [1.82, 2.24) is 5.48 Å². The first kappa shape index (κ1) is 15.4. The number of benzene rings is 1. The number of nitrogens with one attached hydrogen (secondary N) is 1. The van der Waals surface area contributed by atoms with Crippen LogP contribution in [0, 0.1) is 5.41 Å². The first-order chi connectivity index (χ1) is 9.94. The van der Waals surface area contributed by atoms with Gasteiger partial charge < -0.3 is 0 Å². The van der Waals surface area contributed by atoms with Crippen molar-refractivity contribution < 1.29 is 14.4 Å². The van der Waals surface area contributed by atoms with Gasteiger partial charge in [-0.3, -0.25) is 19.9 Å². The summed E-state index contributed by atoms with van der Waals surface area (Å²) in [6.45, 7) is 6.17. The minimum atomic E-state index is -0.273. The van der Waals surface area contributed by atoms with Gasteiger partial charge in [-0.05, 0) is 12.3 Å². The Morgan fingerprint density at radius 1 is 1.14 bits per heavy atom. The number of carbonyl (C=O) groups excluding carboxylic acids is 2. The molecule has 1 saturated carbocycles. The van der Waals surface area contributed by atoms with E-state index in [9.17, 15) is 9.59 Å². The van der Waals surface area contributed by atoms with Crippen LogP contribution in [-0.2, 0) is 14.4 Å². The highest BCUT2D eigenvalue weighted by Crippen LogP contribution is 2.35. The average molecular weight is 287 g/mol. The minimum Gasteiger partial charge on any atom is -0.294 e. The second kappa shape index (κ2) is 6.22. The number of Topliss-reactive ketones (excluding diaryl/α,β-unsaturated/α-hetero) is 2. The molecule has 1 aromatic rings. The fraction of sp³-hybridized carbons (Fsp3) is 0.412. The van der Waals surface area contributed by atoms with Crippen molar-refractivity contribution in [1.29, 1.82) is 0 Å². The van der Waals surface area contributed by atoms with E-state index in [1.165, 1.54) is 0 Å². The maximum Gasteiger partial charge on any atom is 0.169 e. The van der Waals surface area contributed by atoms with Crippen LogP contribution >= 0.6 is 0 Å². The van der Waals surface area contributed by atoms with E-state index in [4.69, 9.17) is 4.84 Å². The van der Waals surface area contributed by atoms with E-state index in [0.717, 1.165) is 5.56 Å². The standard InChI is InChI=1S/C17H21NO3/c1-4-21-18-16(12-8-6-5-7-9-12)15-13(19)10-17(2,3)11-14(15)20/h5-9,18H,4,10-11H2,1-3H3. The van der Waals surface area contributed by atoms with Gasteiger partial charge in [-0.1, -0.05) is 44.2 Å². The lowest BCUT2D eigenvalue weighted by atomic mass is 9.73. The highest BCUT2D eigenvalue weighted by Gasteiger charge is 2.37. The van der Waals surface area contributed by atoms with Crippen LogP contribution in [0.4, 0.5) is 0 Å². The summed E-state index contributed by atoms with van der Waals surface area (Å²) in [5.41, 5.74) is 3.99. The Kier molecular flexibility index (Phi) is 4.58. The molecule has 0 bridgehead atoms. The summed E-state index contributed by atoms with van der Waals surface area (Å²) in [7, 11) is 0. The number of hydroxylamine groups is 1. The summed E-state index contributed by atoms with van der Waals surface area (Å²) in [6.07, 6.45) is 0.746. The molecule has 1 fully saturated rings. The molecule has 0 atom stereocenters. The van der Waals surface area contributed by atoms with Gasteiger partial charge in [0.05, 0.1) is 17.9 Å². The van der Waals surface area contributed by atoms with E-state index < -0.39 is 0 Å². The smallest absolute Gasteiger partial charge is 0.169 e. The third-order valence-corrected chi connectivity index (χ3v) is 3.47. The van der Waals surface area contributed by atoms with Crippen LogP contribution in [0.25, 0.3) is 5.70 Å². The Morgan fingerprint density at radius 3 is 2.24 bits per heavy atom. The number of rotatable bonds is 4. The predicted molar refractivity (Wildman–Crippen MR) is 81.2 cm³/mol. The molecular weight excluding hydrogens is 266 g/mol. The van der Waals surface area contributed by atoms with E-state index in [-0.39, 0.29) is 22.6 Å². The van der Waals surface area contributed by atoms with E-state index in [2.05, 4.69) is 5.48 Å². The van der Waals surface area contributed by atoms with Gasteiger partial charge in [0.15, 0.2) is 11.6 Å². The Labute approximate surface area is 125 Å². The molecule has 0 aliphatic heterocycles.